The summed E-state index contributed by atoms with van der Waals surface area (Å²) in [7, 11) is -1.17. The molecule has 0 fully saturated rings. The molecule has 0 spiro atoms. The smallest absolute Gasteiger partial charge is 0.0776 e. The van der Waals surface area contributed by atoms with E-state index in [2.05, 4.69) is 43.9 Å². The molecule has 0 aromatic heterocycles. The molecular formula is C11H19NSi. The number of hydrogen-bond acceptors (Lipinski definition) is 1. The van der Waals surface area contributed by atoms with E-state index in [1.807, 2.05) is 6.92 Å². The van der Waals surface area contributed by atoms with Crippen LogP contribution in [0.2, 0.25) is 19.6 Å². The van der Waals surface area contributed by atoms with Gasteiger partial charge in [-0.1, -0.05) is 49.1 Å². The average molecular weight is 193 g/mol. The van der Waals surface area contributed by atoms with Gasteiger partial charge in [-0.2, -0.15) is 0 Å². The highest BCUT2D eigenvalue weighted by molar-refractivity contribution is 6.88. The van der Waals surface area contributed by atoms with E-state index in [9.17, 15) is 0 Å². The predicted octanol–water partition coefficient (Wildman–Crippen LogP) is 2.25. The number of nitrogens with two attached hydrogens (primary N) is 1. The second kappa shape index (κ2) is 3.64. The van der Waals surface area contributed by atoms with Gasteiger partial charge >= 0.3 is 0 Å². The summed E-state index contributed by atoms with van der Waals surface area (Å²) >= 11 is 0. The van der Waals surface area contributed by atoms with E-state index in [1.165, 1.54) is 10.8 Å². The Morgan fingerprint density at radius 2 is 1.85 bits per heavy atom. The Hall–Kier alpha value is -0.603. The molecule has 1 aromatic carbocycles. The van der Waals surface area contributed by atoms with Crippen LogP contribution in [0.1, 0.15) is 18.5 Å². The molecule has 0 aliphatic rings. The van der Waals surface area contributed by atoms with Gasteiger partial charge in [0.15, 0.2) is 0 Å². The van der Waals surface area contributed by atoms with E-state index in [1.54, 1.807) is 0 Å². The van der Waals surface area contributed by atoms with E-state index < -0.39 is 8.07 Å². The second-order valence-corrected chi connectivity index (χ2v) is 9.74. The first-order chi connectivity index (χ1) is 5.91. The average Bonchev–Trinajstić information content (AvgIpc) is 2.03. The zero-order valence-corrected chi connectivity index (χ0v) is 9.96. The minimum absolute atomic E-state index is 0.149. The molecule has 0 radical (unpaired) electrons. The van der Waals surface area contributed by atoms with Gasteiger partial charge in [0.2, 0.25) is 0 Å². The Labute approximate surface area is 82.0 Å². The van der Waals surface area contributed by atoms with Crippen LogP contribution >= 0.6 is 0 Å². The Kier molecular flexibility index (Phi) is 2.93. The predicted molar refractivity (Wildman–Crippen MR) is 62.0 cm³/mol. The van der Waals surface area contributed by atoms with Crippen LogP contribution in [0.4, 0.5) is 0 Å². The van der Waals surface area contributed by atoms with Gasteiger partial charge in [0.1, 0.15) is 0 Å². The summed E-state index contributed by atoms with van der Waals surface area (Å²) in [6.07, 6.45) is 0. The lowest BCUT2D eigenvalue weighted by Crippen LogP contribution is -2.37. The standard InChI is InChI=1S/C11H19NSi/c1-9(12)10-6-5-7-11(8-10)13(2,3)4/h5-9H,12H2,1-4H3/t9-/m1/s1. The van der Waals surface area contributed by atoms with Gasteiger partial charge in [0, 0.05) is 6.04 Å². The van der Waals surface area contributed by atoms with Gasteiger partial charge in [0.25, 0.3) is 0 Å². The summed E-state index contributed by atoms with van der Waals surface area (Å²) in [6.45, 7) is 9.09. The van der Waals surface area contributed by atoms with E-state index in [4.69, 9.17) is 5.73 Å². The highest BCUT2D eigenvalue weighted by atomic mass is 28.3. The zero-order valence-electron chi connectivity index (χ0n) is 8.96. The van der Waals surface area contributed by atoms with Crippen molar-refractivity contribution in [3.05, 3.63) is 29.8 Å². The van der Waals surface area contributed by atoms with Gasteiger partial charge in [-0.3, -0.25) is 0 Å². The number of hydrogen-bond donors (Lipinski definition) is 1. The minimum Gasteiger partial charge on any atom is -0.324 e. The van der Waals surface area contributed by atoms with Gasteiger partial charge in [-0.25, -0.2) is 0 Å². The third-order valence-corrected chi connectivity index (χ3v) is 4.32. The first kappa shape index (κ1) is 10.5. The molecule has 13 heavy (non-hydrogen) atoms. The Balaban J connectivity index is 3.06. The molecular weight excluding hydrogens is 174 g/mol. The lowest BCUT2D eigenvalue weighted by Gasteiger charge is -2.18. The van der Waals surface area contributed by atoms with Gasteiger partial charge in [-0.15, -0.1) is 0 Å². The lowest BCUT2D eigenvalue weighted by molar-refractivity contribution is 0.819. The second-order valence-electron chi connectivity index (χ2n) is 4.66. The first-order valence-electron chi connectivity index (χ1n) is 4.77. The molecule has 0 unspecified atom stereocenters. The van der Waals surface area contributed by atoms with E-state index in [-0.39, 0.29) is 6.04 Å². The van der Waals surface area contributed by atoms with Crippen LogP contribution in [0.5, 0.6) is 0 Å². The largest absolute Gasteiger partial charge is 0.324 e. The van der Waals surface area contributed by atoms with Crippen molar-refractivity contribution in [3.8, 4) is 0 Å². The molecule has 2 N–H and O–H groups in total. The van der Waals surface area contributed by atoms with E-state index in [0.717, 1.165) is 0 Å². The molecule has 0 saturated heterocycles. The van der Waals surface area contributed by atoms with Gasteiger partial charge in [-0.05, 0) is 12.5 Å². The third kappa shape index (κ3) is 2.67. The summed E-state index contributed by atoms with van der Waals surface area (Å²) in [5.41, 5.74) is 7.09. The molecule has 0 saturated carbocycles. The van der Waals surface area contributed by atoms with E-state index in [0.29, 0.717) is 0 Å². The number of rotatable bonds is 2. The van der Waals surface area contributed by atoms with Gasteiger partial charge < -0.3 is 5.73 Å². The number of benzene rings is 1. The van der Waals surface area contributed by atoms with Crippen molar-refractivity contribution in [2.75, 3.05) is 0 Å². The lowest BCUT2D eigenvalue weighted by atomic mass is 10.1. The van der Waals surface area contributed by atoms with Crippen LogP contribution < -0.4 is 10.9 Å². The molecule has 0 aliphatic carbocycles. The fourth-order valence-electron chi connectivity index (χ4n) is 1.29. The van der Waals surface area contributed by atoms with Crippen LogP contribution in [0.25, 0.3) is 0 Å². The molecule has 2 heteroatoms. The van der Waals surface area contributed by atoms with E-state index >= 15 is 0 Å². The highest BCUT2D eigenvalue weighted by Crippen LogP contribution is 2.10. The van der Waals surface area contributed by atoms with Crippen molar-refractivity contribution in [1.82, 2.24) is 0 Å². The summed E-state index contributed by atoms with van der Waals surface area (Å²) in [6, 6.07) is 8.85. The molecule has 1 atom stereocenters. The molecule has 0 heterocycles. The highest BCUT2D eigenvalue weighted by Gasteiger charge is 2.16. The minimum atomic E-state index is -1.17. The molecule has 1 aromatic rings. The Morgan fingerprint density at radius 3 is 2.31 bits per heavy atom. The monoisotopic (exact) mass is 193 g/mol. The molecule has 72 valence electrons. The first-order valence-corrected chi connectivity index (χ1v) is 8.27. The summed E-state index contributed by atoms with van der Waals surface area (Å²) in [5.74, 6) is 0. The summed E-state index contributed by atoms with van der Waals surface area (Å²) in [5, 5.41) is 1.49. The van der Waals surface area contributed by atoms with Crippen LogP contribution in [-0.4, -0.2) is 8.07 Å². The molecule has 1 rings (SSSR count). The van der Waals surface area contributed by atoms with Crippen molar-refractivity contribution >= 4 is 13.3 Å². The van der Waals surface area contributed by atoms with Crippen LogP contribution in [0.3, 0.4) is 0 Å². The van der Waals surface area contributed by atoms with Crippen molar-refractivity contribution in [3.63, 3.8) is 0 Å². The van der Waals surface area contributed by atoms with Crippen LogP contribution in [0.15, 0.2) is 24.3 Å². The zero-order chi connectivity index (χ0) is 10.1. The Bertz CT molecular complexity index is 286. The topological polar surface area (TPSA) is 26.0 Å². The van der Waals surface area contributed by atoms with Crippen molar-refractivity contribution in [2.45, 2.75) is 32.6 Å². The Morgan fingerprint density at radius 1 is 1.23 bits per heavy atom. The van der Waals surface area contributed by atoms with Gasteiger partial charge in [0.05, 0.1) is 8.07 Å². The maximum absolute atomic E-state index is 5.84. The normalized spacial score (nSPS) is 14.2. The van der Waals surface area contributed by atoms with Crippen molar-refractivity contribution < 1.29 is 0 Å². The maximum atomic E-state index is 5.84. The van der Waals surface area contributed by atoms with Crippen molar-refractivity contribution in [2.24, 2.45) is 5.73 Å². The fraction of sp³-hybridized carbons (Fsp3) is 0.455. The fourth-order valence-corrected chi connectivity index (χ4v) is 2.48. The van der Waals surface area contributed by atoms with Crippen molar-refractivity contribution in [1.29, 1.82) is 0 Å². The summed E-state index contributed by atoms with van der Waals surface area (Å²) in [4.78, 5) is 0. The SMILES string of the molecule is C[C@@H](N)c1cccc([Si](C)(C)C)c1. The molecule has 0 amide bonds. The molecule has 1 nitrogen and oxygen atoms in total. The quantitative estimate of drug-likeness (QED) is 0.716. The maximum Gasteiger partial charge on any atom is 0.0776 e. The van der Waals surface area contributed by atoms with Crippen LogP contribution in [0, 0.1) is 0 Å². The van der Waals surface area contributed by atoms with Crippen LogP contribution in [-0.2, 0) is 0 Å². The molecule has 0 aliphatic heterocycles. The summed E-state index contributed by atoms with van der Waals surface area (Å²) < 4.78 is 0. The molecule has 0 bridgehead atoms. The third-order valence-electron chi connectivity index (χ3n) is 2.28.